The number of carbonyl (C=O) groups excluding carboxylic acids is 2. The standard InChI is InChI=1S/C17H18N4O3/c1-20-14(7-2-8-15(20)22)16(23)19-13-6-4-10-21(17(13)24)12-5-3-9-18-11-12/h2-3,5,7-9,11,13H,4,6,10H2,1H3,(H,19,23). The van der Waals surface area contributed by atoms with Gasteiger partial charge in [0.2, 0.25) is 5.91 Å². The monoisotopic (exact) mass is 326 g/mol. The zero-order chi connectivity index (χ0) is 17.1. The normalized spacial score (nSPS) is 17.6. The summed E-state index contributed by atoms with van der Waals surface area (Å²) < 4.78 is 1.27. The maximum Gasteiger partial charge on any atom is 0.268 e. The molecular weight excluding hydrogens is 308 g/mol. The summed E-state index contributed by atoms with van der Waals surface area (Å²) in [7, 11) is 1.53. The van der Waals surface area contributed by atoms with Crippen molar-refractivity contribution in [2.45, 2.75) is 18.9 Å². The van der Waals surface area contributed by atoms with Crippen molar-refractivity contribution in [1.82, 2.24) is 14.9 Å². The molecule has 3 rings (SSSR count). The van der Waals surface area contributed by atoms with Crippen molar-refractivity contribution in [3.05, 3.63) is 58.8 Å². The molecule has 0 aliphatic carbocycles. The Kier molecular flexibility index (Phi) is 4.41. The smallest absolute Gasteiger partial charge is 0.268 e. The largest absolute Gasteiger partial charge is 0.339 e. The zero-order valence-corrected chi connectivity index (χ0v) is 13.3. The van der Waals surface area contributed by atoms with Gasteiger partial charge in [-0.05, 0) is 31.0 Å². The maximum absolute atomic E-state index is 12.7. The molecular formula is C17H18N4O3. The fraction of sp³-hybridized carbons (Fsp3) is 0.294. The lowest BCUT2D eigenvalue weighted by molar-refractivity contribution is -0.121. The van der Waals surface area contributed by atoms with Crippen LogP contribution in [0.2, 0.25) is 0 Å². The van der Waals surface area contributed by atoms with Crippen molar-refractivity contribution < 1.29 is 9.59 Å². The highest BCUT2D eigenvalue weighted by atomic mass is 16.2. The minimum atomic E-state index is -0.609. The van der Waals surface area contributed by atoms with E-state index in [1.165, 1.54) is 23.7 Å². The molecule has 1 saturated heterocycles. The molecule has 7 nitrogen and oxygen atoms in total. The van der Waals surface area contributed by atoms with Crippen molar-refractivity contribution in [2.24, 2.45) is 7.05 Å². The molecule has 2 aromatic rings. The van der Waals surface area contributed by atoms with Gasteiger partial charge in [0, 0.05) is 25.9 Å². The van der Waals surface area contributed by atoms with Crippen molar-refractivity contribution in [3.63, 3.8) is 0 Å². The summed E-state index contributed by atoms with van der Waals surface area (Å²) in [6.45, 7) is 0.598. The number of rotatable bonds is 3. The molecule has 1 aliphatic heterocycles. The Labute approximate surface area is 138 Å². The van der Waals surface area contributed by atoms with Gasteiger partial charge in [0.1, 0.15) is 11.7 Å². The molecule has 3 heterocycles. The molecule has 1 atom stereocenters. The molecule has 1 unspecified atom stereocenters. The van der Waals surface area contributed by atoms with Crippen LogP contribution in [0.25, 0.3) is 0 Å². The van der Waals surface area contributed by atoms with Gasteiger partial charge in [0.25, 0.3) is 11.5 Å². The second-order valence-electron chi connectivity index (χ2n) is 5.68. The maximum atomic E-state index is 12.7. The Bertz CT molecular complexity index is 816. The van der Waals surface area contributed by atoms with Crippen molar-refractivity contribution in [2.75, 3.05) is 11.4 Å². The minimum Gasteiger partial charge on any atom is -0.339 e. The van der Waals surface area contributed by atoms with Gasteiger partial charge in [-0.1, -0.05) is 6.07 Å². The van der Waals surface area contributed by atoms with Gasteiger partial charge in [0.05, 0.1) is 11.9 Å². The van der Waals surface area contributed by atoms with Crippen molar-refractivity contribution in [1.29, 1.82) is 0 Å². The SMILES string of the molecule is Cn1c(C(=O)NC2CCCN(c3cccnc3)C2=O)cccc1=O. The molecule has 1 N–H and O–H groups in total. The molecule has 1 aliphatic rings. The van der Waals surface area contributed by atoms with Gasteiger partial charge in [-0.2, -0.15) is 0 Å². The van der Waals surface area contributed by atoms with E-state index in [9.17, 15) is 14.4 Å². The van der Waals surface area contributed by atoms with Crippen LogP contribution in [0.3, 0.4) is 0 Å². The van der Waals surface area contributed by atoms with Gasteiger partial charge in [-0.15, -0.1) is 0 Å². The number of piperidine rings is 1. The third-order valence-corrected chi connectivity index (χ3v) is 4.12. The molecule has 124 valence electrons. The van der Waals surface area contributed by atoms with Gasteiger partial charge >= 0.3 is 0 Å². The Morgan fingerprint density at radius 3 is 2.83 bits per heavy atom. The molecule has 2 amide bonds. The summed E-state index contributed by atoms with van der Waals surface area (Å²) >= 11 is 0. The van der Waals surface area contributed by atoms with E-state index in [2.05, 4.69) is 10.3 Å². The number of nitrogens with zero attached hydrogens (tertiary/aromatic N) is 3. The quantitative estimate of drug-likeness (QED) is 0.900. The lowest BCUT2D eigenvalue weighted by Gasteiger charge is -2.32. The summed E-state index contributed by atoms with van der Waals surface area (Å²) in [5.41, 5.74) is 0.678. The van der Waals surface area contributed by atoms with Gasteiger partial charge in [-0.25, -0.2) is 0 Å². The highest BCUT2D eigenvalue weighted by molar-refractivity contribution is 6.02. The first-order chi connectivity index (χ1) is 11.6. The van der Waals surface area contributed by atoms with Crippen LogP contribution < -0.4 is 15.8 Å². The highest BCUT2D eigenvalue weighted by Gasteiger charge is 2.31. The number of pyridine rings is 2. The predicted octanol–water partition coefficient (Wildman–Crippen LogP) is 0.706. The van der Waals surface area contributed by atoms with Crippen LogP contribution in [-0.2, 0) is 11.8 Å². The van der Waals surface area contributed by atoms with Crippen LogP contribution in [0.4, 0.5) is 5.69 Å². The second-order valence-corrected chi connectivity index (χ2v) is 5.68. The summed E-state index contributed by atoms with van der Waals surface area (Å²) in [5, 5.41) is 2.74. The lowest BCUT2D eigenvalue weighted by atomic mass is 10.0. The highest BCUT2D eigenvalue weighted by Crippen LogP contribution is 2.20. The molecule has 0 saturated carbocycles. The van der Waals surface area contributed by atoms with Crippen molar-refractivity contribution >= 4 is 17.5 Å². The Hall–Kier alpha value is -2.96. The van der Waals surface area contributed by atoms with E-state index in [0.29, 0.717) is 18.7 Å². The van der Waals surface area contributed by atoms with E-state index < -0.39 is 11.9 Å². The van der Waals surface area contributed by atoms with Gasteiger partial charge in [-0.3, -0.25) is 19.4 Å². The van der Waals surface area contributed by atoms with Crippen LogP contribution in [0.1, 0.15) is 23.3 Å². The van der Waals surface area contributed by atoms with Gasteiger partial charge < -0.3 is 14.8 Å². The first-order valence-corrected chi connectivity index (χ1v) is 7.76. The zero-order valence-electron chi connectivity index (χ0n) is 13.3. The predicted molar refractivity (Wildman–Crippen MR) is 88.8 cm³/mol. The summed E-state index contributed by atoms with van der Waals surface area (Å²) in [6.07, 6.45) is 4.62. The Balaban J connectivity index is 1.77. The van der Waals surface area contributed by atoms with Crippen LogP contribution in [0, 0.1) is 0 Å². The number of hydrogen-bond acceptors (Lipinski definition) is 4. The number of carbonyl (C=O) groups is 2. The topological polar surface area (TPSA) is 84.3 Å². The molecule has 0 bridgehead atoms. The summed E-state index contributed by atoms with van der Waals surface area (Å²) in [5.74, 6) is -0.592. The number of anilines is 1. The molecule has 1 fully saturated rings. The van der Waals surface area contributed by atoms with E-state index >= 15 is 0 Å². The van der Waals surface area contributed by atoms with E-state index in [4.69, 9.17) is 0 Å². The number of amides is 2. The Morgan fingerprint density at radius 2 is 2.08 bits per heavy atom. The Morgan fingerprint density at radius 1 is 1.25 bits per heavy atom. The van der Waals surface area contributed by atoms with Crippen LogP contribution in [0.5, 0.6) is 0 Å². The minimum absolute atomic E-state index is 0.163. The van der Waals surface area contributed by atoms with E-state index in [1.807, 2.05) is 6.07 Å². The van der Waals surface area contributed by atoms with Gasteiger partial charge in [0.15, 0.2) is 0 Å². The fourth-order valence-corrected chi connectivity index (χ4v) is 2.80. The lowest BCUT2D eigenvalue weighted by Crippen LogP contribution is -2.53. The van der Waals surface area contributed by atoms with E-state index in [0.717, 1.165) is 6.42 Å². The molecule has 7 heteroatoms. The molecule has 2 aromatic heterocycles. The first-order valence-electron chi connectivity index (χ1n) is 7.76. The summed E-state index contributed by atoms with van der Waals surface area (Å²) in [6, 6.07) is 7.44. The molecule has 0 radical (unpaired) electrons. The fourth-order valence-electron chi connectivity index (χ4n) is 2.80. The van der Waals surface area contributed by atoms with Crippen LogP contribution in [-0.4, -0.2) is 34.0 Å². The number of nitrogens with one attached hydrogen (secondary N) is 1. The molecule has 24 heavy (non-hydrogen) atoms. The summed E-state index contributed by atoms with van der Waals surface area (Å²) in [4.78, 5) is 42.4. The van der Waals surface area contributed by atoms with Crippen LogP contribution >= 0.6 is 0 Å². The van der Waals surface area contributed by atoms with E-state index in [-0.39, 0.29) is 17.2 Å². The van der Waals surface area contributed by atoms with E-state index in [1.54, 1.807) is 29.4 Å². The van der Waals surface area contributed by atoms with Crippen molar-refractivity contribution in [3.8, 4) is 0 Å². The van der Waals surface area contributed by atoms with Crippen LogP contribution in [0.15, 0.2) is 47.5 Å². The molecule has 0 aromatic carbocycles. The third-order valence-electron chi connectivity index (χ3n) is 4.12. The number of aromatic nitrogens is 2. The number of hydrogen-bond donors (Lipinski definition) is 1. The average molecular weight is 326 g/mol. The third kappa shape index (κ3) is 3.05. The molecule has 0 spiro atoms. The first kappa shape index (κ1) is 15.9. The second kappa shape index (κ2) is 6.66. The average Bonchev–Trinajstić information content (AvgIpc) is 2.60.